The minimum Gasteiger partial charge on any atom is -0.302 e. The topological polar surface area (TPSA) is 42.0 Å². The number of thiazole rings is 1. The molecule has 0 aromatic carbocycles. The van der Waals surface area contributed by atoms with Gasteiger partial charge < -0.3 is 5.32 Å². The normalized spacial score (nSPS) is 10.4. The summed E-state index contributed by atoms with van der Waals surface area (Å²) >= 11 is 14.4. The van der Waals surface area contributed by atoms with Crippen LogP contribution in [0.1, 0.15) is 6.92 Å². The van der Waals surface area contributed by atoms with E-state index in [1.54, 1.807) is 6.07 Å². The zero-order valence-corrected chi connectivity index (χ0v) is 11.2. The van der Waals surface area contributed by atoms with Crippen molar-refractivity contribution >= 4 is 56.9 Å². The lowest BCUT2D eigenvalue weighted by Crippen LogP contribution is -2.04. The van der Waals surface area contributed by atoms with Gasteiger partial charge in [0.1, 0.15) is 4.34 Å². The van der Waals surface area contributed by atoms with Gasteiger partial charge in [-0.2, -0.15) is 0 Å². The van der Waals surface area contributed by atoms with Gasteiger partial charge in [-0.05, 0) is 6.07 Å². The molecule has 0 bridgehead atoms. The van der Waals surface area contributed by atoms with Gasteiger partial charge in [0.25, 0.3) is 0 Å². The third kappa shape index (κ3) is 2.55. The smallest absolute Gasteiger partial charge is 0.223 e. The molecule has 2 heterocycles. The van der Waals surface area contributed by atoms with Crippen LogP contribution in [-0.2, 0) is 4.79 Å². The molecular formula is C9H6Cl2N2OS2. The van der Waals surface area contributed by atoms with E-state index in [0.717, 1.165) is 10.6 Å². The highest BCUT2D eigenvalue weighted by molar-refractivity contribution is 7.20. The van der Waals surface area contributed by atoms with Gasteiger partial charge in [-0.1, -0.05) is 23.2 Å². The Balaban J connectivity index is 2.27. The lowest BCUT2D eigenvalue weighted by molar-refractivity contribution is -0.114. The fourth-order valence-corrected chi connectivity index (χ4v) is 3.23. The van der Waals surface area contributed by atoms with Gasteiger partial charge >= 0.3 is 0 Å². The van der Waals surface area contributed by atoms with E-state index in [9.17, 15) is 4.79 Å². The number of anilines is 1. The van der Waals surface area contributed by atoms with Gasteiger partial charge in [0.05, 0.1) is 15.6 Å². The third-order valence-electron chi connectivity index (χ3n) is 1.68. The molecule has 0 radical (unpaired) electrons. The van der Waals surface area contributed by atoms with E-state index < -0.39 is 0 Å². The molecule has 2 aromatic heterocycles. The van der Waals surface area contributed by atoms with Crippen molar-refractivity contribution in [2.75, 3.05) is 5.32 Å². The van der Waals surface area contributed by atoms with Crippen molar-refractivity contribution in [1.82, 2.24) is 4.98 Å². The van der Waals surface area contributed by atoms with E-state index in [2.05, 4.69) is 10.3 Å². The van der Waals surface area contributed by atoms with E-state index in [1.165, 1.54) is 29.6 Å². The van der Waals surface area contributed by atoms with E-state index in [0.29, 0.717) is 14.5 Å². The fraction of sp³-hybridized carbons (Fsp3) is 0.111. The molecule has 1 N–H and O–H groups in total. The minimum absolute atomic E-state index is 0.136. The molecule has 16 heavy (non-hydrogen) atoms. The van der Waals surface area contributed by atoms with Crippen molar-refractivity contribution < 1.29 is 4.79 Å². The zero-order chi connectivity index (χ0) is 11.7. The van der Waals surface area contributed by atoms with Crippen molar-refractivity contribution in [2.24, 2.45) is 0 Å². The Bertz CT molecular complexity index is 516. The molecule has 7 heteroatoms. The first-order chi connectivity index (χ1) is 7.56. The number of hydrogen-bond acceptors (Lipinski definition) is 4. The van der Waals surface area contributed by atoms with Crippen LogP contribution in [0.2, 0.25) is 9.36 Å². The summed E-state index contributed by atoms with van der Waals surface area (Å²) in [6, 6.07) is 1.77. The SMILES string of the molecule is CC(=O)Nc1nc(-c2cc(Cl)c(Cl)s2)cs1. The van der Waals surface area contributed by atoms with Crippen molar-refractivity contribution in [2.45, 2.75) is 6.92 Å². The second kappa shape index (κ2) is 4.71. The molecule has 0 saturated carbocycles. The summed E-state index contributed by atoms with van der Waals surface area (Å²) in [5.74, 6) is -0.136. The Kier molecular flexibility index (Phi) is 3.49. The van der Waals surface area contributed by atoms with E-state index in [1.807, 2.05) is 5.38 Å². The van der Waals surface area contributed by atoms with Crippen LogP contribution in [0.4, 0.5) is 5.13 Å². The van der Waals surface area contributed by atoms with Crippen LogP contribution in [0.3, 0.4) is 0 Å². The Morgan fingerprint density at radius 2 is 2.25 bits per heavy atom. The average molecular weight is 293 g/mol. The van der Waals surface area contributed by atoms with Gasteiger partial charge in [0, 0.05) is 12.3 Å². The van der Waals surface area contributed by atoms with Crippen LogP contribution in [0, 0.1) is 0 Å². The standard InChI is InChI=1S/C9H6Cl2N2OS2/c1-4(14)12-9-13-6(3-15-9)7-2-5(10)8(11)16-7/h2-3H,1H3,(H,12,13,14). The van der Waals surface area contributed by atoms with Crippen LogP contribution in [-0.4, -0.2) is 10.9 Å². The number of nitrogens with one attached hydrogen (secondary N) is 1. The molecule has 0 aliphatic rings. The van der Waals surface area contributed by atoms with Crippen molar-refractivity contribution in [3.8, 4) is 10.6 Å². The molecule has 1 amide bonds. The summed E-state index contributed by atoms with van der Waals surface area (Å²) in [6.45, 7) is 1.44. The second-order valence-corrected chi connectivity index (χ2v) is 5.87. The number of thiophene rings is 1. The van der Waals surface area contributed by atoms with Gasteiger partial charge in [0.2, 0.25) is 5.91 Å². The molecule has 84 valence electrons. The third-order valence-corrected chi connectivity index (χ3v) is 4.33. The van der Waals surface area contributed by atoms with Crippen LogP contribution < -0.4 is 5.32 Å². The van der Waals surface area contributed by atoms with Crippen LogP contribution in [0.25, 0.3) is 10.6 Å². The zero-order valence-electron chi connectivity index (χ0n) is 8.08. The van der Waals surface area contributed by atoms with Gasteiger partial charge in [0.15, 0.2) is 5.13 Å². The number of aromatic nitrogens is 1. The Labute approximate surface area is 110 Å². The summed E-state index contributed by atoms with van der Waals surface area (Å²) in [7, 11) is 0. The molecule has 0 atom stereocenters. The monoisotopic (exact) mass is 292 g/mol. The number of carbonyl (C=O) groups is 1. The number of hydrogen-bond donors (Lipinski definition) is 1. The number of carbonyl (C=O) groups excluding carboxylic acids is 1. The van der Waals surface area contributed by atoms with Crippen molar-refractivity contribution in [1.29, 1.82) is 0 Å². The first-order valence-corrected chi connectivity index (χ1v) is 6.70. The lowest BCUT2D eigenvalue weighted by Gasteiger charge is -1.92. The van der Waals surface area contributed by atoms with E-state index in [-0.39, 0.29) is 5.91 Å². The molecule has 3 nitrogen and oxygen atoms in total. The van der Waals surface area contributed by atoms with Crippen LogP contribution in [0.15, 0.2) is 11.4 Å². The first-order valence-electron chi connectivity index (χ1n) is 4.24. The van der Waals surface area contributed by atoms with E-state index in [4.69, 9.17) is 23.2 Å². The summed E-state index contributed by atoms with van der Waals surface area (Å²) in [5.41, 5.74) is 0.771. The highest BCUT2D eigenvalue weighted by Gasteiger charge is 2.10. The predicted octanol–water partition coefficient (Wildman–Crippen LogP) is 4.14. The highest BCUT2D eigenvalue weighted by atomic mass is 35.5. The van der Waals surface area contributed by atoms with Gasteiger partial charge in [-0.15, -0.1) is 22.7 Å². The molecule has 2 aromatic rings. The first kappa shape index (κ1) is 11.9. The fourth-order valence-electron chi connectivity index (χ4n) is 1.07. The molecule has 0 spiro atoms. The van der Waals surface area contributed by atoms with E-state index >= 15 is 0 Å². The molecule has 0 aliphatic carbocycles. The second-order valence-electron chi connectivity index (χ2n) is 2.95. The maximum absolute atomic E-state index is 10.8. The number of amides is 1. The molecule has 0 saturated heterocycles. The predicted molar refractivity (Wildman–Crippen MR) is 69.8 cm³/mol. The maximum atomic E-state index is 10.8. The molecule has 0 unspecified atom stereocenters. The number of halogens is 2. The van der Waals surface area contributed by atoms with Gasteiger partial charge in [-0.25, -0.2) is 4.98 Å². The minimum atomic E-state index is -0.136. The Morgan fingerprint density at radius 1 is 1.50 bits per heavy atom. The Hall–Kier alpha value is -0.620. The number of rotatable bonds is 2. The number of nitrogens with zero attached hydrogens (tertiary/aromatic N) is 1. The van der Waals surface area contributed by atoms with Crippen molar-refractivity contribution in [3.05, 3.63) is 20.8 Å². The van der Waals surface area contributed by atoms with Crippen LogP contribution in [0.5, 0.6) is 0 Å². The summed E-state index contributed by atoms with van der Waals surface area (Å²) in [5, 5.41) is 5.57. The van der Waals surface area contributed by atoms with Crippen LogP contribution >= 0.6 is 45.9 Å². The summed E-state index contributed by atoms with van der Waals surface area (Å²) < 4.78 is 0.547. The molecule has 2 rings (SSSR count). The molecular weight excluding hydrogens is 287 g/mol. The van der Waals surface area contributed by atoms with Crippen molar-refractivity contribution in [3.63, 3.8) is 0 Å². The molecule has 0 aliphatic heterocycles. The maximum Gasteiger partial charge on any atom is 0.223 e. The highest BCUT2D eigenvalue weighted by Crippen LogP contribution is 2.38. The average Bonchev–Trinajstić information content (AvgIpc) is 2.74. The lowest BCUT2D eigenvalue weighted by atomic mass is 10.4. The largest absolute Gasteiger partial charge is 0.302 e. The quantitative estimate of drug-likeness (QED) is 0.904. The van der Waals surface area contributed by atoms with Gasteiger partial charge in [-0.3, -0.25) is 4.79 Å². The molecule has 0 fully saturated rings. The Morgan fingerprint density at radius 3 is 2.81 bits per heavy atom. The summed E-state index contributed by atoms with van der Waals surface area (Å²) in [4.78, 5) is 16.0. The summed E-state index contributed by atoms with van der Waals surface area (Å²) in [6.07, 6.45) is 0.